The van der Waals surface area contributed by atoms with Gasteiger partial charge in [-0.15, -0.1) is 10.2 Å². The van der Waals surface area contributed by atoms with E-state index in [1.807, 2.05) is 6.07 Å². The number of thiophene rings is 1. The quantitative estimate of drug-likeness (QED) is 0.808. The maximum absolute atomic E-state index is 4.45. The Kier molecular flexibility index (Phi) is 3.29. The lowest BCUT2D eigenvalue weighted by molar-refractivity contribution is 0.449. The van der Waals surface area contributed by atoms with Crippen molar-refractivity contribution in [3.63, 3.8) is 0 Å². The van der Waals surface area contributed by atoms with Crippen LogP contribution in [0.2, 0.25) is 0 Å². The van der Waals surface area contributed by atoms with Gasteiger partial charge in [-0.2, -0.15) is 11.3 Å². The van der Waals surface area contributed by atoms with Crippen molar-refractivity contribution in [1.29, 1.82) is 0 Å². The standard InChI is InChI=1S/C16H16N4S/c1-2-4-13(5-3-1)15-16-19-18-14(20(16)8-7-17-15)10-12-6-9-21-11-12/h1-6,9,11,15,17H,7-8,10H2. The zero-order chi connectivity index (χ0) is 14.1. The van der Waals surface area contributed by atoms with Crippen molar-refractivity contribution < 1.29 is 0 Å². The van der Waals surface area contributed by atoms with Crippen LogP contribution in [0.15, 0.2) is 47.2 Å². The number of hydrogen-bond donors (Lipinski definition) is 1. The van der Waals surface area contributed by atoms with E-state index in [0.717, 1.165) is 31.2 Å². The van der Waals surface area contributed by atoms with E-state index < -0.39 is 0 Å². The molecule has 1 unspecified atom stereocenters. The fourth-order valence-electron chi connectivity index (χ4n) is 2.84. The first kappa shape index (κ1) is 12.7. The number of fused-ring (bicyclic) bond motifs is 1. The second-order valence-electron chi connectivity index (χ2n) is 5.23. The molecule has 5 heteroatoms. The molecule has 0 fully saturated rings. The van der Waals surface area contributed by atoms with Crippen LogP contribution in [0.3, 0.4) is 0 Å². The number of hydrogen-bond acceptors (Lipinski definition) is 4. The molecule has 0 radical (unpaired) electrons. The van der Waals surface area contributed by atoms with Crippen LogP contribution in [0.1, 0.15) is 28.8 Å². The lowest BCUT2D eigenvalue weighted by atomic mass is 10.0. The Balaban J connectivity index is 1.68. The van der Waals surface area contributed by atoms with Gasteiger partial charge in [0.2, 0.25) is 0 Å². The molecule has 2 aromatic heterocycles. The summed E-state index contributed by atoms with van der Waals surface area (Å²) in [5.41, 5.74) is 2.55. The molecule has 0 spiro atoms. The van der Waals surface area contributed by atoms with E-state index in [9.17, 15) is 0 Å². The average Bonchev–Trinajstić information content (AvgIpc) is 3.19. The van der Waals surface area contributed by atoms with Crippen LogP contribution in [0.25, 0.3) is 0 Å². The minimum absolute atomic E-state index is 0.142. The van der Waals surface area contributed by atoms with Crippen molar-refractivity contribution in [3.05, 3.63) is 69.9 Å². The molecule has 1 aliphatic heterocycles. The number of nitrogens with one attached hydrogen (secondary N) is 1. The van der Waals surface area contributed by atoms with Gasteiger partial charge < -0.3 is 9.88 Å². The third-order valence-corrected chi connectivity index (χ3v) is 4.61. The molecule has 3 heterocycles. The zero-order valence-electron chi connectivity index (χ0n) is 11.6. The van der Waals surface area contributed by atoms with E-state index in [-0.39, 0.29) is 6.04 Å². The molecular formula is C16H16N4S. The minimum Gasteiger partial charge on any atom is -0.312 e. The second kappa shape index (κ2) is 5.42. The van der Waals surface area contributed by atoms with E-state index in [2.05, 4.69) is 61.2 Å². The van der Waals surface area contributed by atoms with Gasteiger partial charge in [-0.25, -0.2) is 0 Å². The fraction of sp³-hybridized carbons (Fsp3) is 0.250. The number of aromatic nitrogens is 3. The summed E-state index contributed by atoms with van der Waals surface area (Å²) >= 11 is 1.73. The van der Waals surface area contributed by atoms with Crippen molar-refractivity contribution in [2.75, 3.05) is 6.54 Å². The summed E-state index contributed by atoms with van der Waals surface area (Å²) < 4.78 is 2.27. The molecule has 0 saturated heterocycles. The predicted octanol–water partition coefficient (Wildman–Crippen LogP) is 2.62. The molecule has 3 aromatic rings. The number of benzene rings is 1. The van der Waals surface area contributed by atoms with Crippen molar-refractivity contribution in [2.45, 2.75) is 19.0 Å². The molecule has 1 aromatic carbocycles. The summed E-state index contributed by atoms with van der Waals surface area (Å²) in [6.07, 6.45) is 0.859. The summed E-state index contributed by atoms with van der Waals surface area (Å²) in [4.78, 5) is 0. The third-order valence-electron chi connectivity index (χ3n) is 3.87. The van der Waals surface area contributed by atoms with E-state index in [0.29, 0.717) is 0 Å². The highest BCUT2D eigenvalue weighted by Crippen LogP contribution is 2.24. The van der Waals surface area contributed by atoms with Crippen molar-refractivity contribution in [1.82, 2.24) is 20.1 Å². The predicted molar refractivity (Wildman–Crippen MR) is 83.4 cm³/mol. The van der Waals surface area contributed by atoms with E-state index in [1.54, 1.807) is 11.3 Å². The van der Waals surface area contributed by atoms with Gasteiger partial charge in [-0.1, -0.05) is 30.3 Å². The molecule has 1 N–H and O–H groups in total. The largest absolute Gasteiger partial charge is 0.312 e. The van der Waals surface area contributed by atoms with Gasteiger partial charge in [0.15, 0.2) is 5.82 Å². The molecule has 1 atom stereocenters. The van der Waals surface area contributed by atoms with Crippen LogP contribution in [-0.2, 0) is 13.0 Å². The maximum Gasteiger partial charge on any atom is 0.154 e. The maximum atomic E-state index is 4.45. The Morgan fingerprint density at radius 3 is 2.90 bits per heavy atom. The molecule has 0 amide bonds. The van der Waals surface area contributed by atoms with Crippen molar-refractivity contribution in [3.8, 4) is 0 Å². The Bertz CT molecular complexity index is 718. The van der Waals surface area contributed by atoms with Crippen LogP contribution >= 0.6 is 11.3 Å². The smallest absolute Gasteiger partial charge is 0.154 e. The summed E-state index contributed by atoms with van der Waals surface area (Å²) in [5, 5.41) is 16.7. The Labute approximate surface area is 127 Å². The number of rotatable bonds is 3. The first-order chi connectivity index (χ1) is 10.4. The van der Waals surface area contributed by atoms with Gasteiger partial charge >= 0.3 is 0 Å². The van der Waals surface area contributed by atoms with Crippen LogP contribution < -0.4 is 5.32 Å². The highest BCUT2D eigenvalue weighted by atomic mass is 32.1. The fourth-order valence-corrected chi connectivity index (χ4v) is 3.51. The van der Waals surface area contributed by atoms with Crippen LogP contribution in [0.4, 0.5) is 0 Å². The van der Waals surface area contributed by atoms with Gasteiger partial charge in [0, 0.05) is 19.5 Å². The monoisotopic (exact) mass is 296 g/mol. The molecule has 21 heavy (non-hydrogen) atoms. The summed E-state index contributed by atoms with van der Waals surface area (Å²) in [6, 6.07) is 12.8. The Morgan fingerprint density at radius 2 is 2.10 bits per heavy atom. The molecule has 0 aliphatic carbocycles. The average molecular weight is 296 g/mol. The molecule has 1 aliphatic rings. The van der Waals surface area contributed by atoms with Gasteiger partial charge in [-0.3, -0.25) is 0 Å². The van der Waals surface area contributed by atoms with E-state index in [1.165, 1.54) is 11.1 Å². The van der Waals surface area contributed by atoms with Crippen LogP contribution in [-0.4, -0.2) is 21.3 Å². The Hall–Kier alpha value is -1.98. The van der Waals surface area contributed by atoms with Gasteiger partial charge in [0.25, 0.3) is 0 Å². The van der Waals surface area contributed by atoms with Crippen LogP contribution in [0, 0.1) is 0 Å². The number of nitrogens with zero attached hydrogens (tertiary/aromatic N) is 3. The Morgan fingerprint density at radius 1 is 1.19 bits per heavy atom. The van der Waals surface area contributed by atoms with Gasteiger partial charge in [0.05, 0.1) is 6.04 Å². The summed E-state index contributed by atoms with van der Waals surface area (Å²) in [7, 11) is 0. The van der Waals surface area contributed by atoms with Gasteiger partial charge in [0.1, 0.15) is 5.82 Å². The zero-order valence-corrected chi connectivity index (χ0v) is 12.4. The topological polar surface area (TPSA) is 42.7 Å². The molecule has 106 valence electrons. The molecule has 4 rings (SSSR count). The van der Waals surface area contributed by atoms with E-state index >= 15 is 0 Å². The van der Waals surface area contributed by atoms with Gasteiger partial charge in [-0.05, 0) is 28.0 Å². The second-order valence-corrected chi connectivity index (χ2v) is 6.01. The highest BCUT2D eigenvalue weighted by molar-refractivity contribution is 7.07. The van der Waals surface area contributed by atoms with Crippen molar-refractivity contribution >= 4 is 11.3 Å². The minimum atomic E-state index is 0.142. The molecule has 0 saturated carbocycles. The third kappa shape index (κ3) is 2.39. The molecular weight excluding hydrogens is 280 g/mol. The molecule has 4 nitrogen and oxygen atoms in total. The highest BCUT2D eigenvalue weighted by Gasteiger charge is 2.25. The summed E-state index contributed by atoms with van der Waals surface area (Å²) in [5.74, 6) is 2.09. The first-order valence-electron chi connectivity index (χ1n) is 7.13. The normalized spacial score (nSPS) is 17.6. The van der Waals surface area contributed by atoms with Crippen molar-refractivity contribution in [2.24, 2.45) is 0 Å². The SMILES string of the molecule is c1ccc(C2NCCn3c(Cc4ccsc4)nnc32)cc1. The van der Waals surface area contributed by atoms with Crippen LogP contribution in [0.5, 0.6) is 0 Å². The molecule has 0 bridgehead atoms. The lowest BCUT2D eigenvalue weighted by Crippen LogP contribution is -2.34. The summed E-state index contributed by atoms with van der Waals surface area (Å²) in [6.45, 7) is 1.88. The lowest BCUT2D eigenvalue weighted by Gasteiger charge is -2.25. The van der Waals surface area contributed by atoms with E-state index in [4.69, 9.17) is 0 Å². The first-order valence-corrected chi connectivity index (χ1v) is 8.07.